The van der Waals surface area contributed by atoms with Gasteiger partial charge in [-0.15, -0.1) is 0 Å². The molecular weight excluding hydrogens is 425 g/mol. The minimum atomic E-state index is -0.769. The lowest BCUT2D eigenvalue weighted by Gasteiger charge is -2.28. The third-order valence-corrected chi connectivity index (χ3v) is 5.14. The Morgan fingerprint density at radius 2 is 1.57 bits per heavy atom. The van der Waals surface area contributed by atoms with Crippen molar-refractivity contribution in [1.29, 1.82) is 0 Å². The van der Waals surface area contributed by atoms with Gasteiger partial charge < -0.3 is 15.5 Å². The number of anilines is 1. The van der Waals surface area contributed by atoms with Crippen LogP contribution in [0.1, 0.15) is 31.1 Å². The summed E-state index contributed by atoms with van der Waals surface area (Å²) in [5.41, 5.74) is 0.761. The Balaban J connectivity index is 2.09. The van der Waals surface area contributed by atoms with E-state index < -0.39 is 11.9 Å². The van der Waals surface area contributed by atoms with Gasteiger partial charge in [0, 0.05) is 12.1 Å². The summed E-state index contributed by atoms with van der Waals surface area (Å²) in [7, 11) is 0. The van der Waals surface area contributed by atoms with E-state index in [4.69, 9.17) is 23.2 Å². The van der Waals surface area contributed by atoms with Crippen LogP contribution < -0.4 is 10.6 Å². The fourth-order valence-corrected chi connectivity index (χ4v) is 3.33. The van der Waals surface area contributed by atoms with Crippen LogP contribution in [-0.2, 0) is 9.59 Å². The SMILES string of the molecule is CCN(CC(=O)Nc1c(Cl)cccc1Cl)C(=O)[C@@H](NC(=O)c1ccccc1)C(C)C. The van der Waals surface area contributed by atoms with Gasteiger partial charge in [0.05, 0.1) is 22.3 Å². The van der Waals surface area contributed by atoms with Crippen LogP contribution in [0.3, 0.4) is 0 Å². The van der Waals surface area contributed by atoms with Crippen LogP contribution in [0.4, 0.5) is 5.69 Å². The Labute approximate surface area is 186 Å². The van der Waals surface area contributed by atoms with E-state index in [1.807, 2.05) is 19.9 Å². The molecule has 0 saturated carbocycles. The van der Waals surface area contributed by atoms with Gasteiger partial charge in [0.15, 0.2) is 0 Å². The number of rotatable bonds is 8. The highest BCUT2D eigenvalue weighted by molar-refractivity contribution is 6.39. The molecule has 2 N–H and O–H groups in total. The van der Waals surface area contributed by atoms with Crippen molar-refractivity contribution in [2.75, 3.05) is 18.4 Å². The lowest BCUT2D eigenvalue weighted by atomic mass is 10.0. The molecule has 0 aromatic heterocycles. The predicted octanol–water partition coefficient (Wildman–Crippen LogP) is 4.24. The number of nitrogens with zero attached hydrogens (tertiary/aromatic N) is 1. The molecule has 1 atom stereocenters. The zero-order chi connectivity index (χ0) is 22.3. The molecule has 6 nitrogen and oxygen atoms in total. The summed E-state index contributed by atoms with van der Waals surface area (Å²) >= 11 is 12.2. The topological polar surface area (TPSA) is 78.5 Å². The Morgan fingerprint density at radius 3 is 2.10 bits per heavy atom. The minimum absolute atomic E-state index is 0.166. The standard InChI is InChI=1S/C22H25Cl2N3O3/c1-4-27(13-18(28)25-20-16(23)11-8-12-17(20)24)22(30)19(14(2)3)26-21(29)15-9-6-5-7-10-15/h5-12,14,19H,4,13H2,1-3H3,(H,25,28)(H,26,29)/t19-/m0/s1. The Hall–Kier alpha value is -2.57. The van der Waals surface area contributed by atoms with Crippen molar-refractivity contribution < 1.29 is 14.4 Å². The molecule has 0 aliphatic heterocycles. The van der Waals surface area contributed by atoms with Crippen LogP contribution in [0.2, 0.25) is 10.0 Å². The van der Waals surface area contributed by atoms with Gasteiger partial charge in [-0.1, -0.05) is 61.3 Å². The molecular formula is C22H25Cl2N3O3. The van der Waals surface area contributed by atoms with E-state index in [0.29, 0.717) is 27.8 Å². The van der Waals surface area contributed by atoms with Crippen molar-refractivity contribution in [1.82, 2.24) is 10.2 Å². The van der Waals surface area contributed by atoms with E-state index in [0.717, 1.165) is 0 Å². The lowest BCUT2D eigenvalue weighted by molar-refractivity contribution is -0.137. The van der Waals surface area contributed by atoms with E-state index in [2.05, 4.69) is 10.6 Å². The van der Waals surface area contributed by atoms with Crippen LogP contribution in [0, 0.1) is 5.92 Å². The molecule has 0 fully saturated rings. The molecule has 2 rings (SSSR count). The summed E-state index contributed by atoms with van der Waals surface area (Å²) in [6.45, 7) is 5.55. The van der Waals surface area contributed by atoms with Crippen LogP contribution in [-0.4, -0.2) is 41.8 Å². The van der Waals surface area contributed by atoms with Gasteiger partial charge in [-0.3, -0.25) is 14.4 Å². The number of carbonyl (C=O) groups excluding carboxylic acids is 3. The number of para-hydroxylation sites is 1. The quantitative estimate of drug-likeness (QED) is 0.632. The number of carbonyl (C=O) groups is 3. The van der Waals surface area contributed by atoms with E-state index in [1.165, 1.54) is 4.90 Å². The first kappa shape index (κ1) is 23.7. The van der Waals surface area contributed by atoms with Crippen molar-refractivity contribution in [3.8, 4) is 0 Å². The number of halogens is 2. The molecule has 0 aliphatic carbocycles. The smallest absolute Gasteiger partial charge is 0.251 e. The van der Waals surface area contributed by atoms with Crippen LogP contribution in [0.5, 0.6) is 0 Å². The third kappa shape index (κ3) is 6.21. The van der Waals surface area contributed by atoms with Crippen molar-refractivity contribution in [2.45, 2.75) is 26.8 Å². The number of benzene rings is 2. The predicted molar refractivity (Wildman–Crippen MR) is 120 cm³/mol. The number of amides is 3. The molecule has 0 spiro atoms. The molecule has 2 aromatic rings. The first-order valence-electron chi connectivity index (χ1n) is 9.63. The molecule has 0 radical (unpaired) electrons. The van der Waals surface area contributed by atoms with Gasteiger partial charge in [-0.05, 0) is 37.1 Å². The highest BCUT2D eigenvalue weighted by Gasteiger charge is 2.29. The number of hydrogen-bond acceptors (Lipinski definition) is 3. The maximum absolute atomic E-state index is 13.1. The molecule has 8 heteroatoms. The Bertz CT molecular complexity index is 884. The Morgan fingerprint density at radius 1 is 0.967 bits per heavy atom. The van der Waals surface area contributed by atoms with Gasteiger partial charge in [-0.25, -0.2) is 0 Å². The molecule has 30 heavy (non-hydrogen) atoms. The molecule has 3 amide bonds. The normalized spacial score (nSPS) is 11.7. The Kier molecular flexibility index (Phi) is 8.69. The van der Waals surface area contributed by atoms with E-state index in [-0.39, 0.29) is 24.3 Å². The minimum Gasteiger partial charge on any atom is -0.340 e. The molecule has 2 aromatic carbocycles. The monoisotopic (exact) mass is 449 g/mol. The summed E-state index contributed by atoms with van der Waals surface area (Å²) in [6.07, 6.45) is 0. The van der Waals surface area contributed by atoms with Gasteiger partial charge in [0.1, 0.15) is 6.04 Å². The fourth-order valence-electron chi connectivity index (χ4n) is 2.84. The zero-order valence-electron chi connectivity index (χ0n) is 17.1. The lowest BCUT2D eigenvalue weighted by Crippen LogP contribution is -2.52. The summed E-state index contributed by atoms with van der Waals surface area (Å²) < 4.78 is 0. The van der Waals surface area contributed by atoms with Crippen LogP contribution in [0.25, 0.3) is 0 Å². The van der Waals surface area contributed by atoms with Gasteiger partial charge in [0.25, 0.3) is 5.91 Å². The maximum atomic E-state index is 13.1. The van der Waals surface area contributed by atoms with E-state index in [1.54, 1.807) is 49.4 Å². The molecule has 0 aliphatic rings. The van der Waals surface area contributed by atoms with Crippen molar-refractivity contribution in [3.05, 3.63) is 64.1 Å². The highest BCUT2D eigenvalue weighted by atomic mass is 35.5. The molecule has 0 unspecified atom stereocenters. The first-order chi connectivity index (χ1) is 14.2. The summed E-state index contributed by atoms with van der Waals surface area (Å²) in [5, 5.41) is 6.05. The molecule has 0 bridgehead atoms. The summed E-state index contributed by atoms with van der Waals surface area (Å²) in [6, 6.07) is 12.8. The van der Waals surface area contributed by atoms with Crippen molar-refractivity contribution in [2.24, 2.45) is 5.92 Å². The maximum Gasteiger partial charge on any atom is 0.251 e. The van der Waals surface area contributed by atoms with Crippen LogP contribution >= 0.6 is 23.2 Å². The largest absolute Gasteiger partial charge is 0.340 e. The summed E-state index contributed by atoms with van der Waals surface area (Å²) in [4.78, 5) is 39.5. The average molecular weight is 450 g/mol. The molecule has 0 heterocycles. The highest BCUT2D eigenvalue weighted by Crippen LogP contribution is 2.29. The number of nitrogens with one attached hydrogen (secondary N) is 2. The summed E-state index contributed by atoms with van der Waals surface area (Å²) in [5.74, 6) is -1.28. The van der Waals surface area contributed by atoms with Gasteiger partial charge in [0.2, 0.25) is 11.8 Å². The first-order valence-corrected chi connectivity index (χ1v) is 10.4. The number of likely N-dealkylation sites (N-methyl/N-ethyl adjacent to an activating group) is 1. The van der Waals surface area contributed by atoms with Crippen molar-refractivity contribution >= 4 is 46.6 Å². The van der Waals surface area contributed by atoms with Gasteiger partial charge >= 0.3 is 0 Å². The second-order valence-corrected chi connectivity index (χ2v) is 7.87. The van der Waals surface area contributed by atoms with E-state index >= 15 is 0 Å². The van der Waals surface area contributed by atoms with Crippen molar-refractivity contribution in [3.63, 3.8) is 0 Å². The molecule has 160 valence electrons. The fraction of sp³-hybridized carbons (Fsp3) is 0.318. The molecule has 0 saturated heterocycles. The third-order valence-electron chi connectivity index (χ3n) is 4.51. The number of hydrogen-bond donors (Lipinski definition) is 2. The second-order valence-electron chi connectivity index (χ2n) is 7.06. The zero-order valence-corrected chi connectivity index (χ0v) is 18.6. The van der Waals surface area contributed by atoms with Crippen LogP contribution in [0.15, 0.2) is 48.5 Å². The second kappa shape index (κ2) is 11.0. The average Bonchev–Trinajstić information content (AvgIpc) is 2.72. The van der Waals surface area contributed by atoms with Gasteiger partial charge in [-0.2, -0.15) is 0 Å². The van der Waals surface area contributed by atoms with E-state index in [9.17, 15) is 14.4 Å².